The summed E-state index contributed by atoms with van der Waals surface area (Å²) in [5, 5.41) is 7.00. The van der Waals surface area contributed by atoms with Crippen molar-refractivity contribution in [3.05, 3.63) is 0 Å². The van der Waals surface area contributed by atoms with E-state index in [2.05, 4.69) is 32.5 Å². The molecule has 126 valence electrons. The lowest BCUT2D eigenvalue weighted by Crippen LogP contribution is -2.49. The molecule has 0 aromatic heterocycles. The highest BCUT2D eigenvalue weighted by Crippen LogP contribution is 2.34. The van der Waals surface area contributed by atoms with E-state index >= 15 is 0 Å². The zero-order chi connectivity index (χ0) is 15.4. The normalized spacial score (nSPS) is 33.9. The van der Waals surface area contributed by atoms with Crippen LogP contribution in [0.3, 0.4) is 0 Å². The van der Waals surface area contributed by atoms with Crippen LogP contribution in [0.1, 0.15) is 25.7 Å². The molecule has 22 heavy (non-hydrogen) atoms. The number of likely N-dealkylation sites (N-methyl/N-ethyl adjacent to an activating group) is 1. The molecule has 0 radical (unpaired) electrons. The molecule has 0 saturated carbocycles. The van der Waals surface area contributed by atoms with Gasteiger partial charge in [0.1, 0.15) is 0 Å². The molecule has 0 aromatic carbocycles. The first-order chi connectivity index (χ1) is 10.7. The van der Waals surface area contributed by atoms with Gasteiger partial charge in [-0.05, 0) is 45.8 Å². The maximum absolute atomic E-state index is 5.90. The highest BCUT2D eigenvalue weighted by atomic mass is 16.5. The lowest BCUT2D eigenvalue weighted by atomic mass is 9.96. The number of guanidine groups is 1. The van der Waals surface area contributed by atoms with Crippen molar-refractivity contribution >= 4 is 5.96 Å². The number of nitrogens with zero attached hydrogens (tertiary/aromatic N) is 3. The maximum Gasteiger partial charge on any atom is 0.191 e. The second-order valence-corrected chi connectivity index (χ2v) is 6.86. The van der Waals surface area contributed by atoms with E-state index in [4.69, 9.17) is 4.74 Å². The van der Waals surface area contributed by atoms with E-state index < -0.39 is 0 Å². The minimum atomic E-state index is 0.393. The predicted octanol–water partition coefficient (Wildman–Crippen LogP) is 0.109. The highest BCUT2D eigenvalue weighted by molar-refractivity contribution is 5.80. The molecule has 3 unspecified atom stereocenters. The molecule has 0 spiro atoms. The molecule has 3 atom stereocenters. The van der Waals surface area contributed by atoms with E-state index in [9.17, 15) is 0 Å². The van der Waals surface area contributed by atoms with E-state index in [1.165, 1.54) is 45.4 Å². The lowest BCUT2D eigenvalue weighted by Gasteiger charge is -2.24. The van der Waals surface area contributed by atoms with Crippen LogP contribution in [0.4, 0.5) is 0 Å². The highest BCUT2D eigenvalue weighted by Gasteiger charge is 2.41. The quantitative estimate of drug-likeness (QED) is 0.570. The molecule has 2 bridgehead atoms. The molecule has 0 aliphatic carbocycles. The van der Waals surface area contributed by atoms with Gasteiger partial charge in [-0.2, -0.15) is 0 Å². The first kappa shape index (κ1) is 16.0. The van der Waals surface area contributed by atoms with Crippen molar-refractivity contribution in [2.75, 3.05) is 53.4 Å². The van der Waals surface area contributed by atoms with Crippen LogP contribution in [0, 0.1) is 0 Å². The molecule has 3 rings (SSSR count). The summed E-state index contributed by atoms with van der Waals surface area (Å²) in [6, 6.07) is 0.441. The van der Waals surface area contributed by atoms with Gasteiger partial charge in [-0.3, -0.25) is 4.99 Å². The molecule has 2 N–H and O–H groups in total. The number of aliphatic imine (C=N–C) groups is 1. The van der Waals surface area contributed by atoms with E-state index in [0.717, 1.165) is 25.5 Å². The molecule has 6 heteroatoms. The second kappa shape index (κ2) is 7.62. The van der Waals surface area contributed by atoms with Crippen molar-refractivity contribution in [1.82, 2.24) is 20.4 Å². The van der Waals surface area contributed by atoms with Crippen LogP contribution in [0.2, 0.25) is 0 Å². The van der Waals surface area contributed by atoms with Gasteiger partial charge in [-0.25, -0.2) is 0 Å². The van der Waals surface area contributed by atoms with Crippen molar-refractivity contribution in [3.8, 4) is 0 Å². The predicted molar refractivity (Wildman–Crippen MR) is 89.4 cm³/mol. The van der Waals surface area contributed by atoms with E-state index in [-0.39, 0.29) is 0 Å². The topological polar surface area (TPSA) is 52.1 Å². The lowest BCUT2D eigenvalue weighted by molar-refractivity contribution is 0.0992. The summed E-state index contributed by atoms with van der Waals surface area (Å²) in [5.41, 5.74) is 0. The molecule has 0 amide bonds. The first-order valence-electron chi connectivity index (χ1n) is 8.78. The van der Waals surface area contributed by atoms with Crippen molar-refractivity contribution in [2.45, 2.75) is 43.9 Å². The minimum absolute atomic E-state index is 0.393. The average Bonchev–Trinajstić information content (AvgIpc) is 3.07. The Balaban J connectivity index is 1.36. The van der Waals surface area contributed by atoms with Crippen LogP contribution in [0.25, 0.3) is 0 Å². The zero-order valence-corrected chi connectivity index (χ0v) is 14.1. The fourth-order valence-corrected chi connectivity index (χ4v) is 3.82. The summed E-state index contributed by atoms with van der Waals surface area (Å²) in [6.07, 6.45) is 5.70. The van der Waals surface area contributed by atoms with Gasteiger partial charge in [0.25, 0.3) is 0 Å². The number of fused-ring (bicyclic) bond motifs is 2. The molecule has 6 nitrogen and oxygen atoms in total. The first-order valence-corrected chi connectivity index (χ1v) is 8.78. The van der Waals surface area contributed by atoms with Crippen LogP contribution < -0.4 is 10.6 Å². The van der Waals surface area contributed by atoms with Crippen molar-refractivity contribution < 1.29 is 4.74 Å². The van der Waals surface area contributed by atoms with Gasteiger partial charge in [0, 0.05) is 33.2 Å². The van der Waals surface area contributed by atoms with Crippen LogP contribution in [-0.2, 0) is 4.74 Å². The smallest absolute Gasteiger partial charge is 0.191 e. The summed E-state index contributed by atoms with van der Waals surface area (Å²) >= 11 is 0. The fraction of sp³-hybridized carbons (Fsp3) is 0.938. The summed E-state index contributed by atoms with van der Waals surface area (Å²) in [6.45, 7) is 6.81. The van der Waals surface area contributed by atoms with Crippen molar-refractivity contribution in [3.63, 3.8) is 0 Å². The summed E-state index contributed by atoms with van der Waals surface area (Å²) in [5.74, 6) is 0.924. The van der Waals surface area contributed by atoms with Crippen LogP contribution >= 0.6 is 0 Å². The third-order valence-electron chi connectivity index (χ3n) is 5.18. The van der Waals surface area contributed by atoms with E-state index in [1.807, 2.05) is 7.05 Å². The van der Waals surface area contributed by atoms with E-state index in [0.29, 0.717) is 18.2 Å². The Morgan fingerprint density at radius 1 is 1.23 bits per heavy atom. The average molecular weight is 309 g/mol. The Kier molecular flexibility index (Phi) is 5.55. The van der Waals surface area contributed by atoms with Crippen LogP contribution in [-0.4, -0.2) is 87.4 Å². The summed E-state index contributed by atoms with van der Waals surface area (Å²) in [7, 11) is 4.06. The Morgan fingerprint density at radius 3 is 2.86 bits per heavy atom. The number of nitrogens with one attached hydrogen (secondary N) is 2. The molecular formula is C16H31N5O. The van der Waals surface area contributed by atoms with Gasteiger partial charge >= 0.3 is 0 Å². The SMILES string of the molecule is CN=C(NCCN1CCCN(C)CC1)NC1CC2CCC1O2. The molecule has 0 aromatic rings. The molecule has 3 heterocycles. The van der Waals surface area contributed by atoms with Gasteiger partial charge in [0.05, 0.1) is 18.2 Å². The molecule has 3 aliphatic heterocycles. The van der Waals surface area contributed by atoms with Crippen molar-refractivity contribution in [1.29, 1.82) is 0 Å². The molecular weight excluding hydrogens is 278 g/mol. The van der Waals surface area contributed by atoms with E-state index in [1.54, 1.807) is 0 Å². The Hall–Kier alpha value is -0.850. The third kappa shape index (κ3) is 4.12. The van der Waals surface area contributed by atoms with Gasteiger partial charge in [-0.1, -0.05) is 0 Å². The van der Waals surface area contributed by atoms with Crippen LogP contribution in [0.5, 0.6) is 0 Å². The second-order valence-electron chi connectivity index (χ2n) is 6.86. The monoisotopic (exact) mass is 309 g/mol. The van der Waals surface area contributed by atoms with Gasteiger partial charge in [-0.15, -0.1) is 0 Å². The molecule has 3 aliphatic rings. The number of rotatable bonds is 4. The Bertz CT molecular complexity index is 389. The number of hydrogen-bond donors (Lipinski definition) is 2. The van der Waals surface area contributed by atoms with Gasteiger partial charge < -0.3 is 25.2 Å². The number of hydrogen-bond acceptors (Lipinski definition) is 4. The summed E-state index contributed by atoms with van der Waals surface area (Å²) in [4.78, 5) is 9.33. The largest absolute Gasteiger partial charge is 0.373 e. The Labute approximate surface area is 134 Å². The van der Waals surface area contributed by atoms with Crippen LogP contribution in [0.15, 0.2) is 4.99 Å². The number of ether oxygens (including phenoxy) is 1. The van der Waals surface area contributed by atoms with Crippen molar-refractivity contribution in [2.24, 2.45) is 4.99 Å². The Morgan fingerprint density at radius 2 is 2.14 bits per heavy atom. The third-order valence-corrected chi connectivity index (χ3v) is 5.18. The molecule has 3 saturated heterocycles. The standard InChI is InChI=1S/C16H31N5O/c1-17-16(19-14-12-13-4-5-15(14)22-13)18-6-9-21-8-3-7-20(2)10-11-21/h13-15H,3-12H2,1-2H3,(H2,17,18,19). The van der Waals surface area contributed by atoms with Gasteiger partial charge in [0.2, 0.25) is 0 Å². The zero-order valence-electron chi connectivity index (χ0n) is 14.1. The minimum Gasteiger partial charge on any atom is -0.373 e. The fourth-order valence-electron chi connectivity index (χ4n) is 3.82. The summed E-state index contributed by atoms with van der Waals surface area (Å²) < 4.78 is 5.90. The molecule has 3 fully saturated rings. The van der Waals surface area contributed by atoms with Gasteiger partial charge in [0.15, 0.2) is 5.96 Å². The maximum atomic E-state index is 5.90.